The molecule has 234 valence electrons. The van der Waals surface area contributed by atoms with Crippen LogP contribution in [0.25, 0.3) is 0 Å². The molecular formula is C32H44F2N6O3. The van der Waals surface area contributed by atoms with Gasteiger partial charge in [0, 0.05) is 41.7 Å². The second kappa shape index (κ2) is 12.4. The summed E-state index contributed by atoms with van der Waals surface area (Å²) in [5.74, 6) is -0.159. The quantitative estimate of drug-likeness (QED) is 0.331. The fraction of sp³-hybridized carbons (Fsp3) is 0.562. The van der Waals surface area contributed by atoms with Gasteiger partial charge in [-0.3, -0.25) is 9.98 Å². The molecule has 1 fully saturated rings. The molecule has 0 spiro atoms. The summed E-state index contributed by atoms with van der Waals surface area (Å²) in [6.45, 7) is 11.4. The van der Waals surface area contributed by atoms with E-state index in [1.165, 1.54) is 12.1 Å². The maximum absolute atomic E-state index is 15.1. The molecule has 2 aromatic rings. The molecule has 43 heavy (non-hydrogen) atoms. The van der Waals surface area contributed by atoms with E-state index >= 15 is 8.78 Å². The van der Waals surface area contributed by atoms with Crippen molar-refractivity contribution in [2.45, 2.75) is 82.9 Å². The Labute approximate surface area is 252 Å². The van der Waals surface area contributed by atoms with Crippen molar-refractivity contribution in [1.29, 1.82) is 0 Å². The van der Waals surface area contributed by atoms with E-state index in [-0.39, 0.29) is 37.0 Å². The number of nitrogens with zero attached hydrogens (tertiary/aromatic N) is 2. The first-order valence-electron chi connectivity index (χ1n) is 15.0. The van der Waals surface area contributed by atoms with Gasteiger partial charge in [0.15, 0.2) is 0 Å². The average Bonchev–Trinajstić information content (AvgIpc) is 3.48. The van der Waals surface area contributed by atoms with Gasteiger partial charge in [-0.1, -0.05) is 13.8 Å². The van der Waals surface area contributed by atoms with Crippen molar-refractivity contribution in [3.05, 3.63) is 59.2 Å². The summed E-state index contributed by atoms with van der Waals surface area (Å²) in [7, 11) is 0. The molecule has 1 saturated heterocycles. The molecule has 11 heteroatoms. The minimum absolute atomic E-state index is 0.0469. The molecule has 4 unspecified atom stereocenters. The van der Waals surface area contributed by atoms with Crippen LogP contribution in [0, 0.1) is 17.6 Å². The van der Waals surface area contributed by atoms with E-state index in [1.807, 2.05) is 0 Å². The van der Waals surface area contributed by atoms with Gasteiger partial charge in [0.05, 0.1) is 19.3 Å². The number of hydrogen-bond acceptors (Lipinski definition) is 9. The fourth-order valence-corrected chi connectivity index (χ4v) is 5.74. The number of halogens is 2. The molecule has 3 aliphatic rings. The molecule has 0 saturated carbocycles. The number of benzene rings is 2. The van der Waals surface area contributed by atoms with E-state index < -0.39 is 34.9 Å². The molecule has 0 amide bonds. The third-order valence-corrected chi connectivity index (χ3v) is 8.74. The zero-order chi connectivity index (χ0) is 30.9. The van der Waals surface area contributed by atoms with E-state index in [0.29, 0.717) is 23.6 Å². The SMILES string of the molecule is CC(C)C(C)Nc1ccc(F)c([C@]2(C)COC(C3OCC(C)(c4cc(NC[C@H]5CCCO5)ccc4F)N=C3N)C(N)=N2)c1. The van der Waals surface area contributed by atoms with Crippen LogP contribution < -0.4 is 22.1 Å². The van der Waals surface area contributed by atoms with Gasteiger partial charge < -0.3 is 36.3 Å². The van der Waals surface area contributed by atoms with Crippen molar-refractivity contribution < 1.29 is 23.0 Å². The first-order valence-corrected chi connectivity index (χ1v) is 15.0. The lowest BCUT2D eigenvalue weighted by molar-refractivity contribution is -0.0521. The summed E-state index contributed by atoms with van der Waals surface area (Å²) >= 11 is 0. The third kappa shape index (κ3) is 6.63. The van der Waals surface area contributed by atoms with E-state index in [0.717, 1.165) is 30.8 Å². The van der Waals surface area contributed by atoms with Crippen LogP contribution in [0.1, 0.15) is 58.6 Å². The summed E-state index contributed by atoms with van der Waals surface area (Å²) < 4.78 is 48.1. The Morgan fingerprint density at radius 1 is 0.860 bits per heavy atom. The number of nitrogens with one attached hydrogen (secondary N) is 2. The highest BCUT2D eigenvalue weighted by Crippen LogP contribution is 2.37. The lowest BCUT2D eigenvalue weighted by Crippen LogP contribution is -2.57. The second-order valence-electron chi connectivity index (χ2n) is 12.7. The van der Waals surface area contributed by atoms with Gasteiger partial charge >= 0.3 is 0 Å². The lowest BCUT2D eigenvalue weighted by Gasteiger charge is -2.40. The highest BCUT2D eigenvalue weighted by atomic mass is 19.1. The lowest BCUT2D eigenvalue weighted by atomic mass is 9.89. The predicted octanol–water partition coefficient (Wildman–Crippen LogP) is 4.65. The maximum atomic E-state index is 15.1. The smallest absolute Gasteiger partial charge is 0.147 e. The standard InChI is InChI=1S/C32H44F2N6O3/c1-18(2)19(3)38-21-9-11-26(34)24(14-21)32(5)17-43-28(30(36)40-32)27-29(35)39-31(4,16-42-27)23-13-20(8-10-25(23)33)37-15-22-7-6-12-41-22/h8-11,13-14,18-19,22,27-28,37-38H,6-7,12,15-17H2,1-5H3,(H2,35,39)(H2,36,40)/t19?,22-,27?,28?,31?,32+/m1/s1. The zero-order valence-electron chi connectivity index (χ0n) is 25.6. The van der Waals surface area contributed by atoms with Crippen molar-refractivity contribution >= 4 is 23.0 Å². The number of aliphatic imine (C=N–C) groups is 2. The Balaban J connectivity index is 1.33. The monoisotopic (exact) mass is 598 g/mol. The summed E-state index contributed by atoms with van der Waals surface area (Å²) in [4.78, 5) is 9.39. The van der Waals surface area contributed by atoms with Crippen molar-refractivity contribution in [2.75, 3.05) is 37.0 Å². The number of hydrogen-bond donors (Lipinski definition) is 4. The average molecular weight is 599 g/mol. The third-order valence-electron chi connectivity index (χ3n) is 8.74. The topological polar surface area (TPSA) is 129 Å². The highest BCUT2D eigenvalue weighted by molar-refractivity contribution is 5.96. The van der Waals surface area contributed by atoms with E-state index in [2.05, 4.69) is 31.4 Å². The molecular weight excluding hydrogens is 554 g/mol. The van der Waals surface area contributed by atoms with Crippen molar-refractivity contribution in [2.24, 2.45) is 27.4 Å². The molecule has 3 aliphatic heterocycles. The van der Waals surface area contributed by atoms with Crippen LogP contribution in [-0.2, 0) is 25.3 Å². The Hall–Kier alpha value is -3.28. The Bertz CT molecular complexity index is 1380. The zero-order valence-corrected chi connectivity index (χ0v) is 25.6. The molecule has 0 aliphatic carbocycles. The molecule has 5 rings (SSSR count). The van der Waals surface area contributed by atoms with Gasteiger partial charge in [-0.25, -0.2) is 8.78 Å². The number of ether oxygens (including phenoxy) is 3. The van der Waals surface area contributed by atoms with Crippen molar-refractivity contribution in [3.8, 4) is 0 Å². The first kappa shape index (κ1) is 31.2. The van der Waals surface area contributed by atoms with Crippen LogP contribution in [0.3, 0.4) is 0 Å². The van der Waals surface area contributed by atoms with Gasteiger partial charge in [-0.2, -0.15) is 0 Å². The molecule has 9 nitrogen and oxygen atoms in total. The number of rotatable bonds is 9. The molecule has 2 aromatic carbocycles. The molecule has 3 heterocycles. The summed E-state index contributed by atoms with van der Waals surface area (Å²) in [5.41, 5.74) is 13.0. The van der Waals surface area contributed by atoms with Gasteiger partial charge in [0.2, 0.25) is 0 Å². The summed E-state index contributed by atoms with van der Waals surface area (Å²) in [6, 6.07) is 9.94. The Morgan fingerprint density at radius 2 is 1.40 bits per heavy atom. The Morgan fingerprint density at radius 3 is 1.88 bits per heavy atom. The molecule has 0 bridgehead atoms. The number of nitrogens with two attached hydrogens (primary N) is 2. The Kier molecular flexibility index (Phi) is 8.97. The van der Waals surface area contributed by atoms with Crippen LogP contribution in [0.4, 0.5) is 20.2 Å². The van der Waals surface area contributed by atoms with Crippen molar-refractivity contribution in [1.82, 2.24) is 0 Å². The molecule has 0 aromatic heterocycles. The summed E-state index contributed by atoms with van der Waals surface area (Å²) in [5, 5.41) is 6.75. The number of anilines is 2. The fourth-order valence-electron chi connectivity index (χ4n) is 5.74. The highest BCUT2D eigenvalue weighted by Gasteiger charge is 2.44. The van der Waals surface area contributed by atoms with E-state index in [4.69, 9.17) is 35.7 Å². The predicted molar refractivity (Wildman–Crippen MR) is 166 cm³/mol. The largest absolute Gasteiger partial charge is 0.385 e. The minimum Gasteiger partial charge on any atom is -0.385 e. The molecule has 6 N–H and O–H groups in total. The van der Waals surface area contributed by atoms with Gasteiger partial charge in [0.1, 0.15) is 46.6 Å². The second-order valence-corrected chi connectivity index (χ2v) is 12.7. The summed E-state index contributed by atoms with van der Waals surface area (Å²) in [6.07, 6.45) is 0.543. The van der Waals surface area contributed by atoms with E-state index in [1.54, 1.807) is 38.1 Å². The van der Waals surface area contributed by atoms with Crippen LogP contribution >= 0.6 is 0 Å². The number of amidine groups is 2. The maximum Gasteiger partial charge on any atom is 0.147 e. The first-order chi connectivity index (χ1) is 20.4. The van der Waals surface area contributed by atoms with Crippen LogP contribution in [0.2, 0.25) is 0 Å². The van der Waals surface area contributed by atoms with Crippen LogP contribution in [-0.4, -0.2) is 62.4 Å². The molecule has 0 radical (unpaired) electrons. The van der Waals surface area contributed by atoms with Crippen LogP contribution in [0.15, 0.2) is 46.4 Å². The van der Waals surface area contributed by atoms with Gasteiger partial charge in [0.25, 0.3) is 0 Å². The minimum atomic E-state index is -1.06. The van der Waals surface area contributed by atoms with Crippen molar-refractivity contribution in [3.63, 3.8) is 0 Å². The molecule has 6 atom stereocenters. The van der Waals surface area contributed by atoms with Gasteiger partial charge in [-0.15, -0.1) is 0 Å². The van der Waals surface area contributed by atoms with E-state index in [9.17, 15) is 0 Å². The van der Waals surface area contributed by atoms with Crippen LogP contribution in [0.5, 0.6) is 0 Å². The normalized spacial score (nSPS) is 30.1. The van der Waals surface area contributed by atoms with Gasteiger partial charge in [-0.05, 0) is 75.9 Å².